The Hall–Kier alpha value is -0.540. The van der Waals surface area contributed by atoms with Crippen LogP contribution in [0.3, 0.4) is 0 Å². The van der Waals surface area contributed by atoms with E-state index in [4.69, 9.17) is 0 Å². The van der Waals surface area contributed by atoms with Crippen molar-refractivity contribution in [1.82, 2.24) is 5.32 Å². The molecule has 0 fully saturated rings. The van der Waals surface area contributed by atoms with E-state index >= 15 is 0 Å². The average Bonchev–Trinajstić information content (AvgIpc) is 2.25. The van der Waals surface area contributed by atoms with Gasteiger partial charge in [0.05, 0.1) is 0 Å². The van der Waals surface area contributed by atoms with E-state index in [0.29, 0.717) is 6.04 Å². The summed E-state index contributed by atoms with van der Waals surface area (Å²) in [4.78, 5) is 0. The summed E-state index contributed by atoms with van der Waals surface area (Å²) in [6, 6.07) is 5.46. The minimum Gasteiger partial charge on any atom is -0.309 e. The molecule has 0 aliphatic carbocycles. The van der Waals surface area contributed by atoms with Gasteiger partial charge in [0.1, 0.15) is 5.82 Å². The first-order chi connectivity index (χ1) is 7.63. The third-order valence-corrected chi connectivity index (χ3v) is 3.66. The Morgan fingerprint density at radius 3 is 2.81 bits per heavy atom. The molecule has 90 valence electrons. The highest BCUT2D eigenvalue weighted by Gasteiger charge is 2.03. The smallest absolute Gasteiger partial charge is 0.123 e. The molecule has 1 N–H and O–H groups in total. The van der Waals surface area contributed by atoms with Gasteiger partial charge in [-0.1, -0.05) is 13.0 Å². The lowest BCUT2D eigenvalue weighted by Gasteiger charge is -2.14. The fourth-order valence-corrected chi connectivity index (χ4v) is 2.20. The standard InChI is InChI=1S/C13H20FNS/c1-4-16-9-11(3)15-8-12-5-6-13(14)7-10(12)2/h5-7,11,15H,4,8-9H2,1-3H3. The molecule has 0 heterocycles. The Balaban J connectivity index is 2.42. The van der Waals surface area contributed by atoms with Gasteiger partial charge >= 0.3 is 0 Å². The lowest BCUT2D eigenvalue weighted by atomic mass is 10.1. The Labute approximate surface area is 102 Å². The van der Waals surface area contributed by atoms with Crippen molar-refractivity contribution in [1.29, 1.82) is 0 Å². The number of hydrogen-bond donors (Lipinski definition) is 1. The zero-order chi connectivity index (χ0) is 12.0. The first-order valence-corrected chi connectivity index (χ1v) is 6.85. The van der Waals surface area contributed by atoms with Gasteiger partial charge in [-0.15, -0.1) is 0 Å². The Morgan fingerprint density at radius 2 is 2.19 bits per heavy atom. The molecule has 1 rings (SSSR count). The first kappa shape index (κ1) is 13.5. The van der Waals surface area contributed by atoms with E-state index in [1.165, 1.54) is 11.6 Å². The zero-order valence-corrected chi connectivity index (χ0v) is 11.0. The van der Waals surface area contributed by atoms with Crippen molar-refractivity contribution in [3.63, 3.8) is 0 Å². The van der Waals surface area contributed by atoms with E-state index in [-0.39, 0.29) is 5.82 Å². The van der Waals surface area contributed by atoms with Crippen LogP contribution in [-0.2, 0) is 6.54 Å². The number of halogens is 1. The molecule has 0 spiro atoms. The Bertz CT molecular complexity index is 328. The molecule has 3 heteroatoms. The Kier molecular flexibility index (Phi) is 5.85. The van der Waals surface area contributed by atoms with Crippen molar-refractivity contribution in [2.75, 3.05) is 11.5 Å². The molecule has 0 amide bonds. The summed E-state index contributed by atoms with van der Waals surface area (Å²) in [6.45, 7) is 7.12. The number of nitrogens with one attached hydrogen (secondary N) is 1. The molecular formula is C13H20FNS. The van der Waals surface area contributed by atoms with Gasteiger partial charge < -0.3 is 5.32 Å². The molecule has 1 nitrogen and oxygen atoms in total. The minimum atomic E-state index is -0.157. The van der Waals surface area contributed by atoms with Gasteiger partial charge in [0, 0.05) is 18.3 Å². The molecule has 1 aromatic rings. The van der Waals surface area contributed by atoms with Crippen LogP contribution in [-0.4, -0.2) is 17.5 Å². The molecule has 16 heavy (non-hydrogen) atoms. The van der Waals surface area contributed by atoms with E-state index in [0.717, 1.165) is 23.6 Å². The lowest BCUT2D eigenvalue weighted by molar-refractivity contribution is 0.590. The van der Waals surface area contributed by atoms with E-state index in [2.05, 4.69) is 19.2 Å². The maximum absolute atomic E-state index is 12.9. The molecular weight excluding hydrogens is 221 g/mol. The summed E-state index contributed by atoms with van der Waals surface area (Å²) in [5.74, 6) is 2.12. The molecule has 1 aromatic carbocycles. The van der Waals surface area contributed by atoms with Crippen LogP contribution in [0.1, 0.15) is 25.0 Å². The van der Waals surface area contributed by atoms with Gasteiger partial charge in [-0.05, 0) is 42.9 Å². The van der Waals surface area contributed by atoms with Crippen LogP contribution in [0, 0.1) is 12.7 Å². The second-order valence-corrected chi connectivity index (χ2v) is 5.33. The third-order valence-electron chi connectivity index (χ3n) is 2.52. The van der Waals surface area contributed by atoms with Crippen LogP contribution in [0.5, 0.6) is 0 Å². The summed E-state index contributed by atoms with van der Waals surface area (Å²) in [5, 5.41) is 3.45. The van der Waals surface area contributed by atoms with Gasteiger partial charge in [-0.2, -0.15) is 11.8 Å². The molecule has 1 unspecified atom stereocenters. The van der Waals surface area contributed by atoms with E-state index < -0.39 is 0 Å². The molecule has 0 aliphatic rings. The maximum atomic E-state index is 12.9. The molecule has 0 aliphatic heterocycles. The summed E-state index contributed by atoms with van der Waals surface area (Å²) in [5.41, 5.74) is 2.19. The highest BCUT2D eigenvalue weighted by atomic mass is 32.2. The van der Waals surface area contributed by atoms with Crippen LogP contribution in [0.4, 0.5) is 4.39 Å². The SMILES string of the molecule is CCSCC(C)NCc1ccc(F)cc1C. The second kappa shape index (κ2) is 6.92. The topological polar surface area (TPSA) is 12.0 Å². The Morgan fingerprint density at radius 1 is 1.44 bits per heavy atom. The minimum absolute atomic E-state index is 0.157. The van der Waals surface area contributed by atoms with Crippen molar-refractivity contribution in [2.24, 2.45) is 0 Å². The van der Waals surface area contributed by atoms with Crippen LogP contribution in [0.25, 0.3) is 0 Å². The van der Waals surface area contributed by atoms with Gasteiger partial charge in [0.2, 0.25) is 0 Å². The monoisotopic (exact) mass is 241 g/mol. The average molecular weight is 241 g/mol. The summed E-state index contributed by atoms with van der Waals surface area (Å²) in [6.07, 6.45) is 0. The van der Waals surface area contributed by atoms with Gasteiger partial charge in [-0.25, -0.2) is 4.39 Å². The van der Waals surface area contributed by atoms with E-state index in [1.54, 1.807) is 6.07 Å². The van der Waals surface area contributed by atoms with Crippen LogP contribution in [0.2, 0.25) is 0 Å². The predicted octanol–water partition coefficient (Wildman–Crippen LogP) is 3.37. The normalized spacial score (nSPS) is 12.8. The molecule has 0 saturated heterocycles. The number of thioether (sulfide) groups is 1. The first-order valence-electron chi connectivity index (χ1n) is 5.69. The number of aryl methyl sites for hydroxylation is 1. The van der Waals surface area contributed by atoms with Gasteiger partial charge in [-0.3, -0.25) is 0 Å². The number of hydrogen-bond acceptors (Lipinski definition) is 2. The number of benzene rings is 1. The lowest BCUT2D eigenvalue weighted by Crippen LogP contribution is -2.28. The highest BCUT2D eigenvalue weighted by Crippen LogP contribution is 2.10. The summed E-state index contributed by atoms with van der Waals surface area (Å²) >= 11 is 1.94. The predicted molar refractivity (Wildman–Crippen MR) is 70.4 cm³/mol. The van der Waals surface area contributed by atoms with E-state index in [9.17, 15) is 4.39 Å². The van der Waals surface area contributed by atoms with Crippen LogP contribution < -0.4 is 5.32 Å². The fourth-order valence-electron chi connectivity index (χ4n) is 1.50. The zero-order valence-electron chi connectivity index (χ0n) is 10.2. The van der Waals surface area contributed by atoms with Crippen molar-refractivity contribution in [2.45, 2.75) is 33.4 Å². The van der Waals surface area contributed by atoms with Gasteiger partial charge in [0.25, 0.3) is 0 Å². The van der Waals surface area contributed by atoms with Crippen LogP contribution >= 0.6 is 11.8 Å². The van der Waals surface area contributed by atoms with E-state index in [1.807, 2.05) is 24.8 Å². The fraction of sp³-hybridized carbons (Fsp3) is 0.538. The largest absolute Gasteiger partial charge is 0.309 e. The van der Waals surface area contributed by atoms with Crippen molar-refractivity contribution in [3.8, 4) is 0 Å². The van der Waals surface area contributed by atoms with Crippen molar-refractivity contribution < 1.29 is 4.39 Å². The van der Waals surface area contributed by atoms with Gasteiger partial charge in [0.15, 0.2) is 0 Å². The summed E-state index contributed by atoms with van der Waals surface area (Å²) in [7, 11) is 0. The molecule has 0 radical (unpaired) electrons. The van der Waals surface area contributed by atoms with Crippen molar-refractivity contribution in [3.05, 3.63) is 35.1 Å². The molecule has 1 atom stereocenters. The third kappa shape index (κ3) is 4.54. The molecule has 0 aromatic heterocycles. The quantitative estimate of drug-likeness (QED) is 0.819. The maximum Gasteiger partial charge on any atom is 0.123 e. The number of rotatable bonds is 6. The highest BCUT2D eigenvalue weighted by molar-refractivity contribution is 7.99. The van der Waals surface area contributed by atoms with Crippen molar-refractivity contribution >= 4 is 11.8 Å². The summed E-state index contributed by atoms with van der Waals surface area (Å²) < 4.78 is 12.9. The molecule has 0 bridgehead atoms. The molecule has 0 saturated carbocycles. The second-order valence-electron chi connectivity index (χ2n) is 4.01. The van der Waals surface area contributed by atoms with Crippen LogP contribution in [0.15, 0.2) is 18.2 Å².